The number of hydrogen-bond donors (Lipinski definition) is 1. The Balaban J connectivity index is 1.85. The third kappa shape index (κ3) is 4.30. The summed E-state index contributed by atoms with van der Waals surface area (Å²) in [4.78, 5) is 37.1. The number of carbonyl (C=O) groups excluding carboxylic acids is 1. The zero-order valence-corrected chi connectivity index (χ0v) is 14.9. The van der Waals surface area contributed by atoms with Gasteiger partial charge in [-0.15, -0.1) is 0 Å². The fourth-order valence-electron chi connectivity index (χ4n) is 2.17. The number of halogens is 1. The van der Waals surface area contributed by atoms with Gasteiger partial charge in [-0.05, 0) is 29.5 Å². The molecule has 0 spiro atoms. The van der Waals surface area contributed by atoms with Crippen molar-refractivity contribution in [3.8, 4) is 0 Å². The molecule has 1 N–H and O–H groups in total. The monoisotopic (exact) mass is 404 g/mol. The zero-order chi connectivity index (χ0) is 19.6. The molecule has 1 saturated heterocycles. The SMILES string of the molecule is O=C1NC(=Nc2ccc([N+](=O)[O-])cc2Cl)S/C1=C/c1cccc([N+](=O)[O-])c1. The number of aliphatic imine (C=N–C) groups is 1. The molecular weight excluding hydrogens is 396 g/mol. The predicted octanol–water partition coefficient (Wildman–Crippen LogP) is 4.05. The van der Waals surface area contributed by atoms with E-state index in [1.54, 1.807) is 6.07 Å². The normalized spacial score (nSPS) is 16.6. The molecule has 2 aromatic rings. The van der Waals surface area contributed by atoms with Gasteiger partial charge in [0, 0.05) is 24.3 Å². The largest absolute Gasteiger partial charge is 0.300 e. The number of nitro groups is 2. The highest BCUT2D eigenvalue weighted by atomic mass is 35.5. The molecule has 1 aliphatic heterocycles. The van der Waals surface area contributed by atoms with Crippen molar-refractivity contribution in [1.29, 1.82) is 0 Å². The van der Waals surface area contributed by atoms with E-state index in [2.05, 4.69) is 10.3 Å². The molecule has 0 atom stereocenters. The van der Waals surface area contributed by atoms with Crippen molar-refractivity contribution in [2.75, 3.05) is 0 Å². The molecule has 0 bridgehead atoms. The molecule has 1 heterocycles. The number of amides is 1. The second-order valence-electron chi connectivity index (χ2n) is 5.23. The first-order chi connectivity index (χ1) is 12.8. The molecule has 2 aromatic carbocycles. The molecule has 1 aliphatic rings. The number of rotatable bonds is 4. The molecule has 0 unspecified atom stereocenters. The van der Waals surface area contributed by atoms with Crippen molar-refractivity contribution >= 4 is 57.6 Å². The summed E-state index contributed by atoms with van der Waals surface area (Å²) >= 11 is 7.02. The van der Waals surface area contributed by atoms with Crippen LogP contribution in [0.2, 0.25) is 5.02 Å². The van der Waals surface area contributed by atoms with Gasteiger partial charge in [0.25, 0.3) is 17.3 Å². The van der Waals surface area contributed by atoms with Crippen LogP contribution >= 0.6 is 23.4 Å². The van der Waals surface area contributed by atoms with Crippen molar-refractivity contribution in [2.24, 2.45) is 4.99 Å². The predicted molar refractivity (Wildman–Crippen MR) is 102 cm³/mol. The molecule has 0 aliphatic carbocycles. The van der Waals surface area contributed by atoms with E-state index in [9.17, 15) is 25.0 Å². The molecule has 1 amide bonds. The average Bonchev–Trinajstić information content (AvgIpc) is 2.96. The molecular formula is C16H9ClN4O5S. The van der Waals surface area contributed by atoms with Crippen LogP contribution in [0.5, 0.6) is 0 Å². The Hall–Kier alpha value is -3.24. The number of carbonyl (C=O) groups is 1. The van der Waals surface area contributed by atoms with Crippen LogP contribution in [-0.2, 0) is 4.79 Å². The van der Waals surface area contributed by atoms with Crippen molar-refractivity contribution in [3.63, 3.8) is 0 Å². The Labute approximate surface area is 161 Å². The fraction of sp³-hybridized carbons (Fsp3) is 0. The first kappa shape index (κ1) is 18.5. The van der Waals surface area contributed by atoms with Crippen LogP contribution < -0.4 is 5.32 Å². The second kappa shape index (κ2) is 7.56. The number of amidine groups is 1. The van der Waals surface area contributed by atoms with Crippen LogP contribution in [0.4, 0.5) is 17.1 Å². The van der Waals surface area contributed by atoms with E-state index in [-0.39, 0.29) is 27.3 Å². The van der Waals surface area contributed by atoms with Gasteiger partial charge in [-0.2, -0.15) is 0 Å². The Morgan fingerprint density at radius 1 is 1.07 bits per heavy atom. The maximum Gasteiger partial charge on any atom is 0.271 e. The number of thioether (sulfide) groups is 1. The van der Waals surface area contributed by atoms with Crippen LogP contribution in [0.15, 0.2) is 52.4 Å². The fourth-order valence-corrected chi connectivity index (χ4v) is 3.22. The maximum atomic E-state index is 12.1. The molecule has 11 heteroatoms. The van der Waals surface area contributed by atoms with Crippen LogP contribution in [0.25, 0.3) is 6.08 Å². The Kier molecular flexibility index (Phi) is 5.19. The Morgan fingerprint density at radius 3 is 2.44 bits per heavy atom. The lowest BCUT2D eigenvalue weighted by atomic mass is 10.2. The van der Waals surface area contributed by atoms with E-state index < -0.39 is 15.8 Å². The quantitative estimate of drug-likeness (QED) is 0.465. The van der Waals surface area contributed by atoms with Crippen LogP contribution in [-0.4, -0.2) is 20.9 Å². The number of non-ortho nitro benzene ring substituents is 2. The maximum absolute atomic E-state index is 12.1. The summed E-state index contributed by atoms with van der Waals surface area (Å²) in [6, 6.07) is 9.66. The van der Waals surface area contributed by atoms with E-state index in [1.165, 1.54) is 42.5 Å². The Bertz CT molecular complexity index is 1040. The number of nitrogens with zero attached hydrogens (tertiary/aromatic N) is 3. The summed E-state index contributed by atoms with van der Waals surface area (Å²) in [5, 5.41) is 24.4. The van der Waals surface area contributed by atoms with Gasteiger partial charge in [-0.3, -0.25) is 25.0 Å². The second-order valence-corrected chi connectivity index (χ2v) is 6.66. The first-order valence-corrected chi connectivity index (χ1v) is 8.51. The third-order valence-electron chi connectivity index (χ3n) is 3.39. The minimum atomic E-state index is -0.575. The summed E-state index contributed by atoms with van der Waals surface area (Å²) in [6.07, 6.45) is 1.51. The van der Waals surface area contributed by atoms with Gasteiger partial charge >= 0.3 is 0 Å². The molecule has 9 nitrogen and oxygen atoms in total. The van der Waals surface area contributed by atoms with Crippen LogP contribution in [0, 0.1) is 20.2 Å². The van der Waals surface area contributed by atoms with Gasteiger partial charge in [-0.25, -0.2) is 4.99 Å². The summed E-state index contributed by atoms with van der Waals surface area (Å²) in [5.41, 5.74) is 0.510. The molecule has 1 fully saturated rings. The highest BCUT2D eigenvalue weighted by Crippen LogP contribution is 2.33. The van der Waals surface area contributed by atoms with Gasteiger partial charge in [0.2, 0.25) is 0 Å². The van der Waals surface area contributed by atoms with Gasteiger partial charge in [-0.1, -0.05) is 23.7 Å². The van der Waals surface area contributed by atoms with E-state index in [4.69, 9.17) is 11.6 Å². The number of benzene rings is 2. The molecule has 0 aromatic heterocycles. The number of nitro benzene ring substituents is 2. The average molecular weight is 405 g/mol. The molecule has 27 heavy (non-hydrogen) atoms. The van der Waals surface area contributed by atoms with E-state index in [0.29, 0.717) is 10.5 Å². The van der Waals surface area contributed by atoms with Gasteiger partial charge in [0.15, 0.2) is 5.17 Å². The minimum Gasteiger partial charge on any atom is -0.300 e. The molecule has 136 valence electrons. The lowest BCUT2D eigenvalue weighted by Gasteiger charge is -1.99. The summed E-state index contributed by atoms with van der Waals surface area (Å²) < 4.78 is 0. The van der Waals surface area contributed by atoms with Crippen LogP contribution in [0.3, 0.4) is 0 Å². The molecule has 3 rings (SSSR count). The lowest BCUT2D eigenvalue weighted by molar-refractivity contribution is -0.385. The van der Waals surface area contributed by atoms with E-state index >= 15 is 0 Å². The Morgan fingerprint density at radius 2 is 1.78 bits per heavy atom. The molecule has 0 radical (unpaired) electrons. The molecule has 0 saturated carbocycles. The smallest absolute Gasteiger partial charge is 0.271 e. The van der Waals surface area contributed by atoms with Crippen LogP contribution in [0.1, 0.15) is 5.56 Å². The zero-order valence-electron chi connectivity index (χ0n) is 13.3. The highest BCUT2D eigenvalue weighted by Gasteiger charge is 2.24. The number of nitrogens with one attached hydrogen (secondary N) is 1. The first-order valence-electron chi connectivity index (χ1n) is 7.31. The third-order valence-corrected chi connectivity index (χ3v) is 4.61. The van der Waals surface area contributed by atoms with Gasteiger partial charge in [0.05, 0.1) is 25.5 Å². The number of hydrogen-bond acceptors (Lipinski definition) is 7. The summed E-state index contributed by atoms with van der Waals surface area (Å²) in [5.74, 6) is -0.414. The summed E-state index contributed by atoms with van der Waals surface area (Å²) in [7, 11) is 0. The minimum absolute atomic E-state index is 0.0719. The topological polar surface area (TPSA) is 128 Å². The van der Waals surface area contributed by atoms with Gasteiger partial charge in [0.1, 0.15) is 0 Å². The lowest BCUT2D eigenvalue weighted by Crippen LogP contribution is -2.19. The summed E-state index contributed by atoms with van der Waals surface area (Å²) in [6.45, 7) is 0. The standard InChI is InChI=1S/C16H9ClN4O5S/c17-12-8-11(21(25)26)4-5-13(12)18-16-19-15(22)14(27-16)7-9-2-1-3-10(6-9)20(23)24/h1-8H,(H,18,19,22)/b14-7+. The van der Waals surface area contributed by atoms with Crippen molar-refractivity contribution in [1.82, 2.24) is 5.32 Å². The van der Waals surface area contributed by atoms with Crippen molar-refractivity contribution in [3.05, 3.63) is 78.2 Å². The highest BCUT2D eigenvalue weighted by molar-refractivity contribution is 8.18. The van der Waals surface area contributed by atoms with E-state index in [0.717, 1.165) is 11.8 Å². The van der Waals surface area contributed by atoms with Gasteiger partial charge < -0.3 is 5.32 Å². The van der Waals surface area contributed by atoms with E-state index in [1.807, 2.05) is 0 Å². The van der Waals surface area contributed by atoms with Crippen molar-refractivity contribution < 1.29 is 14.6 Å². The van der Waals surface area contributed by atoms with Crippen molar-refractivity contribution in [2.45, 2.75) is 0 Å².